The largest absolute Gasteiger partial charge is 0.103 e. The van der Waals surface area contributed by atoms with E-state index in [1.807, 2.05) is 6.92 Å². The minimum absolute atomic E-state index is 0.284. The highest BCUT2D eigenvalue weighted by Crippen LogP contribution is 2.01. The molecule has 0 bridgehead atoms. The van der Waals surface area contributed by atoms with E-state index in [1.165, 1.54) is 6.42 Å². The van der Waals surface area contributed by atoms with Gasteiger partial charge in [0.15, 0.2) is 0 Å². The van der Waals surface area contributed by atoms with Crippen LogP contribution in [0.2, 0.25) is 0 Å². The van der Waals surface area contributed by atoms with Gasteiger partial charge >= 0.3 is 0 Å². The molecule has 1 atom stereocenters. The molecule has 0 heteroatoms. The monoisotopic (exact) mass is 137 g/mol. The zero-order chi connectivity index (χ0) is 7.98. The van der Waals surface area contributed by atoms with Gasteiger partial charge in [0.25, 0.3) is 0 Å². The molecule has 0 N–H and O–H groups in total. The Morgan fingerprint density at radius 1 is 1.30 bits per heavy atom. The van der Waals surface area contributed by atoms with Crippen LogP contribution in [0.5, 0.6) is 0 Å². The summed E-state index contributed by atoms with van der Waals surface area (Å²) in [5.74, 6) is 7.20. The van der Waals surface area contributed by atoms with Gasteiger partial charge in [-0.3, -0.25) is 0 Å². The van der Waals surface area contributed by atoms with Gasteiger partial charge < -0.3 is 0 Å². The second-order valence-electron chi connectivity index (χ2n) is 3.15. The molecule has 0 nitrogen and oxygen atoms in total. The van der Waals surface area contributed by atoms with Crippen molar-refractivity contribution < 1.29 is 0 Å². The first-order chi connectivity index (χ1) is 4.63. The molecule has 0 aromatic carbocycles. The zero-order valence-corrected chi connectivity index (χ0v) is 7.28. The quantitative estimate of drug-likeness (QED) is 0.513. The van der Waals surface area contributed by atoms with Crippen LogP contribution >= 0.6 is 0 Å². The summed E-state index contributed by atoms with van der Waals surface area (Å²) in [6.45, 7) is 10.2. The van der Waals surface area contributed by atoms with Crippen LogP contribution in [0, 0.1) is 30.6 Å². The van der Waals surface area contributed by atoms with Crippen molar-refractivity contribution in [3.8, 4) is 11.8 Å². The molecule has 1 radical (unpaired) electrons. The smallest absolute Gasteiger partial charge is 0.0175 e. The normalized spacial score (nSPS) is 9.80. The second-order valence-corrected chi connectivity index (χ2v) is 3.15. The summed E-state index contributed by atoms with van der Waals surface area (Å²) in [5.41, 5.74) is 0. The lowest BCUT2D eigenvalue weighted by Gasteiger charge is -1.97. The molecular formula is C10H17. The van der Waals surface area contributed by atoms with Crippen molar-refractivity contribution in [3.63, 3.8) is 0 Å². The van der Waals surface area contributed by atoms with E-state index < -0.39 is 0 Å². The van der Waals surface area contributed by atoms with Crippen LogP contribution in [0.3, 0.4) is 0 Å². The summed E-state index contributed by atoms with van der Waals surface area (Å²) >= 11 is 0. The maximum absolute atomic E-state index is 3.78. The Hall–Kier alpha value is -0.440. The molecule has 0 amide bonds. The van der Waals surface area contributed by atoms with E-state index in [2.05, 4.69) is 32.6 Å². The standard InChI is InChI=1S/C10H17/c1-9(2)7-5-6-8-10(3)4/h9-10H,1,6,8H2,2-4H3. The van der Waals surface area contributed by atoms with Crippen LogP contribution in [-0.4, -0.2) is 0 Å². The molecule has 0 heterocycles. The van der Waals surface area contributed by atoms with Crippen molar-refractivity contribution in [1.82, 2.24) is 0 Å². The molecule has 0 aliphatic rings. The van der Waals surface area contributed by atoms with Crippen molar-refractivity contribution >= 4 is 0 Å². The van der Waals surface area contributed by atoms with Gasteiger partial charge in [0.2, 0.25) is 0 Å². The third kappa shape index (κ3) is 7.56. The first-order valence-electron chi connectivity index (χ1n) is 3.94. The van der Waals surface area contributed by atoms with Crippen LogP contribution in [0.25, 0.3) is 0 Å². The first kappa shape index (κ1) is 9.56. The fourth-order valence-corrected chi connectivity index (χ4v) is 0.607. The van der Waals surface area contributed by atoms with Crippen LogP contribution < -0.4 is 0 Å². The van der Waals surface area contributed by atoms with Gasteiger partial charge in [-0.05, 0) is 19.3 Å². The Labute approximate surface area is 65.0 Å². The van der Waals surface area contributed by atoms with Crippen molar-refractivity contribution in [2.24, 2.45) is 11.8 Å². The predicted octanol–water partition coefficient (Wildman–Crippen LogP) is 2.90. The fraction of sp³-hybridized carbons (Fsp3) is 0.700. The third-order valence-electron chi connectivity index (χ3n) is 1.20. The SMILES string of the molecule is [CH2]C(C)C#CCCC(C)C. The summed E-state index contributed by atoms with van der Waals surface area (Å²) in [7, 11) is 0. The van der Waals surface area contributed by atoms with E-state index in [0.29, 0.717) is 0 Å². The van der Waals surface area contributed by atoms with Crippen LogP contribution in [0.4, 0.5) is 0 Å². The molecule has 0 aromatic heterocycles. The van der Waals surface area contributed by atoms with E-state index in [0.717, 1.165) is 12.3 Å². The van der Waals surface area contributed by atoms with Gasteiger partial charge in [-0.1, -0.05) is 20.8 Å². The molecule has 57 valence electrons. The minimum atomic E-state index is 0.284. The molecule has 0 fully saturated rings. The fourth-order valence-electron chi connectivity index (χ4n) is 0.607. The van der Waals surface area contributed by atoms with Gasteiger partial charge in [0, 0.05) is 12.3 Å². The van der Waals surface area contributed by atoms with E-state index in [4.69, 9.17) is 0 Å². The maximum Gasteiger partial charge on any atom is 0.0175 e. The van der Waals surface area contributed by atoms with Crippen LogP contribution in [0.15, 0.2) is 0 Å². The van der Waals surface area contributed by atoms with Crippen molar-refractivity contribution in [2.45, 2.75) is 33.6 Å². The molecule has 0 saturated carbocycles. The summed E-state index contributed by atoms with van der Waals surface area (Å²) < 4.78 is 0. The lowest BCUT2D eigenvalue weighted by molar-refractivity contribution is 0.599. The van der Waals surface area contributed by atoms with Crippen molar-refractivity contribution in [2.75, 3.05) is 0 Å². The Morgan fingerprint density at radius 2 is 1.90 bits per heavy atom. The van der Waals surface area contributed by atoms with E-state index in [9.17, 15) is 0 Å². The first-order valence-corrected chi connectivity index (χ1v) is 3.94. The Bertz CT molecular complexity index is 121. The van der Waals surface area contributed by atoms with Crippen molar-refractivity contribution in [3.05, 3.63) is 6.92 Å². The lowest BCUT2D eigenvalue weighted by atomic mass is 10.1. The highest BCUT2D eigenvalue weighted by molar-refractivity contribution is 5.03. The summed E-state index contributed by atoms with van der Waals surface area (Å²) in [6.07, 6.45) is 2.23. The summed E-state index contributed by atoms with van der Waals surface area (Å²) in [5, 5.41) is 0. The lowest BCUT2D eigenvalue weighted by Crippen LogP contribution is -1.85. The molecule has 0 saturated heterocycles. The summed E-state index contributed by atoms with van der Waals surface area (Å²) in [6, 6.07) is 0. The van der Waals surface area contributed by atoms with E-state index >= 15 is 0 Å². The number of hydrogen-bond acceptors (Lipinski definition) is 0. The Kier molecular flexibility index (Phi) is 5.12. The predicted molar refractivity (Wildman–Crippen MR) is 46.4 cm³/mol. The molecule has 0 spiro atoms. The van der Waals surface area contributed by atoms with Gasteiger partial charge in [-0.25, -0.2) is 0 Å². The average molecular weight is 137 g/mol. The number of rotatable bonds is 2. The average Bonchev–Trinajstić information content (AvgIpc) is 1.79. The molecule has 0 aliphatic carbocycles. The zero-order valence-electron chi connectivity index (χ0n) is 7.28. The van der Waals surface area contributed by atoms with Gasteiger partial charge in [0.05, 0.1) is 0 Å². The molecule has 10 heavy (non-hydrogen) atoms. The second kappa shape index (κ2) is 5.35. The van der Waals surface area contributed by atoms with Crippen LogP contribution in [0.1, 0.15) is 33.6 Å². The molecular weight excluding hydrogens is 120 g/mol. The topological polar surface area (TPSA) is 0 Å². The van der Waals surface area contributed by atoms with E-state index in [-0.39, 0.29) is 5.92 Å². The number of hydrogen-bond donors (Lipinski definition) is 0. The van der Waals surface area contributed by atoms with Gasteiger partial charge in [-0.15, -0.1) is 11.8 Å². The molecule has 1 unspecified atom stereocenters. The Balaban J connectivity index is 3.29. The van der Waals surface area contributed by atoms with Gasteiger partial charge in [0.1, 0.15) is 0 Å². The highest BCUT2D eigenvalue weighted by atomic mass is 13.9. The van der Waals surface area contributed by atoms with E-state index in [1.54, 1.807) is 0 Å². The highest BCUT2D eigenvalue weighted by Gasteiger charge is 1.89. The van der Waals surface area contributed by atoms with Crippen molar-refractivity contribution in [1.29, 1.82) is 0 Å². The molecule has 0 rings (SSSR count). The minimum Gasteiger partial charge on any atom is -0.103 e. The maximum atomic E-state index is 3.78. The molecule has 0 aromatic rings. The Morgan fingerprint density at radius 3 is 2.30 bits per heavy atom. The van der Waals surface area contributed by atoms with Gasteiger partial charge in [-0.2, -0.15) is 0 Å². The third-order valence-corrected chi connectivity index (χ3v) is 1.20. The summed E-state index contributed by atoms with van der Waals surface area (Å²) in [4.78, 5) is 0. The van der Waals surface area contributed by atoms with Crippen LogP contribution in [-0.2, 0) is 0 Å². The molecule has 0 aliphatic heterocycles.